The van der Waals surface area contributed by atoms with Gasteiger partial charge in [0, 0.05) is 48.3 Å². The molecule has 1 aromatic heterocycles. The van der Waals surface area contributed by atoms with Crippen LogP contribution in [0.5, 0.6) is 5.75 Å². The summed E-state index contributed by atoms with van der Waals surface area (Å²) in [7, 11) is 3.96. The van der Waals surface area contributed by atoms with Gasteiger partial charge in [-0.3, -0.25) is 9.59 Å². The molecule has 1 saturated heterocycles. The van der Waals surface area contributed by atoms with Gasteiger partial charge in [-0.2, -0.15) is 0 Å². The number of para-hydroxylation sites is 2. The van der Waals surface area contributed by atoms with Crippen LogP contribution >= 0.6 is 0 Å². The van der Waals surface area contributed by atoms with E-state index >= 15 is 0 Å². The van der Waals surface area contributed by atoms with Crippen molar-refractivity contribution in [2.75, 3.05) is 50.6 Å². The molecule has 4 aromatic rings. The number of carbonyl (C=O) groups excluding carboxylic acids is 3. The summed E-state index contributed by atoms with van der Waals surface area (Å²) >= 11 is 0. The van der Waals surface area contributed by atoms with E-state index in [1.54, 1.807) is 4.90 Å². The standard InChI is InChI=1S/C34H40N6O4/c1-5-44-30-16-15-24(21-38(3)4)19-29(30)36-33(42)32(23(2)27-20-35-28-14-10-9-13-26(27)28)37-34(43)39-17-18-40(31(41)22-39)25-11-7-6-8-12-25/h6-16,19-20,23,32,35H,5,17-18,21-22H2,1-4H3,(H,36,42)(H,37,43)/t23-,32-/m1/s1. The van der Waals surface area contributed by atoms with Crippen LogP contribution in [0.1, 0.15) is 30.9 Å². The molecule has 44 heavy (non-hydrogen) atoms. The predicted octanol–water partition coefficient (Wildman–Crippen LogP) is 4.80. The summed E-state index contributed by atoms with van der Waals surface area (Å²) < 4.78 is 5.83. The molecule has 2 atom stereocenters. The number of hydrogen-bond donors (Lipinski definition) is 3. The Balaban J connectivity index is 1.40. The second-order valence-electron chi connectivity index (χ2n) is 11.3. The van der Waals surface area contributed by atoms with Crippen LogP contribution in [-0.2, 0) is 16.1 Å². The van der Waals surface area contributed by atoms with Gasteiger partial charge in [0.25, 0.3) is 0 Å². The Bertz CT molecular complexity index is 1620. The van der Waals surface area contributed by atoms with Crippen LogP contribution in [0, 0.1) is 0 Å². The van der Waals surface area contributed by atoms with Crippen molar-refractivity contribution in [1.29, 1.82) is 0 Å². The SMILES string of the molecule is CCOc1ccc(CN(C)C)cc1NC(=O)[C@H](NC(=O)N1CCN(c2ccccc2)C(=O)C1)[C@H](C)c1c[nH]c2ccccc12. The van der Waals surface area contributed by atoms with Gasteiger partial charge < -0.3 is 35.1 Å². The van der Waals surface area contributed by atoms with Crippen LogP contribution in [0.25, 0.3) is 10.9 Å². The molecule has 1 aliphatic heterocycles. The van der Waals surface area contributed by atoms with Gasteiger partial charge in [0.05, 0.1) is 12.3 Å². The Morgan fingerprint density at radius 3 is 2.50 bits per heavy atom. The van der Waals surface area contributed by atoms with E-state index in [0.29, 0.717) is 37.7 Å². The summed E-state index contributed by atoms with van der Waals surface area (Å²) in [6.45, 7) is 5.54. The highest BCUT2D eigenvalue weighted by Gasteiger charge is 2.34. The van der Waals surface area contributed by atoms with Gasteiger partial charge in [0.2, 0.25) is 11.8 Å². The number of anilines is 2. The highest BCUT2D eigenvalue weighted by Crippen LogP contribution is 2.31. The molecule has 1 aliphatic rings. The van der Waals surface area contributed by atoms with Crippen molar-refractivity contribution in [3.63, 3.8) is 0 Å². The fourth-order valence-electron chi connectivity index (χ4n) is 5.65. The minimum Gasteiger partial charge on any atom is -0.492 e. The summed E-state index contributed by atoms with van der Waals surface area (Å²) in [6, 6.07) is 21.6. The van der Waals surface area contributed by atoms with Gasteiger partial charge in [-0.1, -0.05) is 49.4 Å². The van der Waals surface area contributed by atoms with Crippen molar-refractivity contribution in [3.8, 4) is 5.75 Å². The number of fused-ring (bicyclic) bond motifs is 1. The molecule has 10 heteroatoms. The smallest absolute Gasteiger partial charge is 0.318 e. The summed E-state index contributed by atoms with van der Waals surface area (Å²) in [5.74, 6) is -0.414. The van der Waals surface area contributed by atoms with E-state index in [-0.39, 0.29) is 18.4 Å². The highest BCUT2D eigenvalue weighted by molar-refractivity contribution is 6.01. The average Bonchev–Trinajstić information content (AvgIpc) is 3.45. The molecule has 0 radical (unpaired) electrons. The molecular formula is C34H40N6O4. The monoisotopic (exact) mass is 596 g/mol. The summed E-state index contributed by atoms with van der Waals surface area (Å²) in [4.78, 5) is 49.3. The Hall–Kier alpha value is -4.83. The molecule has 2 heterocycles. The van der Waals surface area contributed by atoms with Gasteiger partial charge in [-0.15, -0.1) is 0 Å². The minimum absolute atomic E-state index is 0.0857. The topological polar surface area (TPSA) is 110 Å². The first-order valence-corrected chi connectivity index (χ1v) is 14.9. The zero-order valence-electron chi connectivity index (χ0n) is 25.7. The molecule has 4 amide bonds. The lowest BCUT2D eigenvalue weighted by molar-refractivity contribution is -0.120. The first-order chi connectivity index (χ1) is 21.2. The number of aromatic nitrogens is 1. The Kier molecular flexibility index (Phi) is 9.50. The van der Waals surface area contributed by atoms with E-state index < -0.39 is 18.0 Å². The number of aromatic amines is 1. The van der Waals surface area contributed by atoms with Crippen molar-refractivity contribution < 1.29 is 19.1 Å². The van der Waals surface area contributed by atoms with E-state index in [0.717, 1.165) is 27.7 Å². The maximum atomic E-state index is 14.1. The highest BCUT2D eigenvalue weighted by atomic mass is 16.5. The molecular weight excluding hydrogens is 556 g/mol. The molecule has 3 aromatic carbocycles. The number of benzene rings is 3. The van der Waals surface area contributed by atoms with E-state index in [9.17, 15) is 14.4 Å². The summed E-state index contributed by atoms with van der Waals surface area (Å²) in [5.41, 5.74) is 4.18. The lowest BCUT2D eigenvalue weighted by Gasteiger charge is -2.35. The second-order valence-corrected chi connectivity index (χ2v) is 11.3. The molecule has 10 nitrogen and oxygen atoms in total. The molecule has 1 fully saturated rings. The number of amides is 4. The zero-order chi connectivity index (χ0) is 31.2. The number of nitrogens with zero attached hydrogens (tertiary/aromatic N) is 3. The fraction of sp³-hybridized carbons (Fsp3) is 0.324. The first kappa shape index (κ1) is 30.6. The van der Waals surface area contributed by atoms with Crippen LogP contribution in [0.4, 0.5) is 16.2 Å². The molecule has 5 rings (SSSR count). The number of rotatable bonds is 10. The number of piperazine rings is 1. The number of nitrogens with one attached hydrogen (secondary N) is 3. The lowest BCUT2D eigenvalue weighted by Crippen LogP contribution is -2.58. The first-order valence-electron chi connectivity index (χ1n) is 14.9. The van der Waals surface area contributed by atoms with E-state index in [1.807, 2.05) is 112 Å². The molecule has 3 N–H and O–H groups in total. The van der Waals surface area contributed by atoms with Crippen LogP contribution < -0.4 is 20.3 Å². The Morgan fingerprint density at radius 1 is 1.02 bits per heavy atom. The van der Waals surface area contributed by atoms with Crippen molar-refractivity contribution >= 4 is 40.1 Å². The Labute approximate surface area is 258 Å². The van der Waals surface area contributed by atoms with Crippen molar-refractivity contribution in [3.05, 3.63) is 90.1 Å². The van der Waals surface area contributed by atoms with Crippen molar-refractivity contribution in [1.82, 2.24) is 20.1 Å². The van der Waals surface area contributed by atoms with Gasteiger partial charge in [-0.25, -0.2) is 4.79 Å². The van der Waals surface area contributed by atoms with Gasteiger partial charge in [-0.05, 0) is 62.5 Å². The number of carbonyl (C=O) groups is 3. The van der Waals surface area contributed by atoms with E-state index in [4.69, 9.17) is 4.74 Å². The maximum Gasteiger partial charge on any atom is 0.318 e. The van der Waals surface area contributed by atoms with Crippen LogP contribution in [0.15, 0.2) is 79.0 Å². The third-order valence-electron chi connectivity index (χ3n) is 7.85. The van der Waals surface area contributed by atoms with Crippen LogP contribution in [0.3, 0.4) is 0 Å². The largest absolute Gasteiger partial charge is 0.492 e. The molecule has 0 aliphatic carbocycles. The van der Waals surface area contributed by atoms with Crippen molar-refractivity contribution in [2.45, 2.75) is 32.4 Å². The molecule has 0 saturated carbocycles. The third-order valence-corrected chi connectivity index (χ3v) is 7.85. The summed E-state index contributed by atoms with van der Waals surface area (Å²) in [5, 5.41) is 6.99. The predicted molar refractivity (Wildman–Crippen MR) is 173 cm³/mol. The number of hydrogen-bond acceptors (Lipinski definition) is 5. The van der Waals surface area contributed by atoms with Gasteiger partial charge in [0.1, 0.15) is 18.3 Å². The summed E-state index contributed by atoms with van der Waals surface area (Å²) in [6.07, 6.45) is 1.88. The van der Waals surface area contributed by atoms with E-state index in [1.165, 1.54) is 4.90 Å². The zero-order valence-corrected chi connectivity index (χ0v) is 25.7. The quantitative estimate of drug-likeness (QED) is 0.244. The van der Waals surface area contributed by atoms with E-state index in [2.05, 4.69) is 15.6 Å². The average molecular weight is 597 g/mol. The van der Waals surface area contributed by atoms with Crippen molar-refractivity contribution in [2.24, 2.45) is 0 Å². The second kappa shape index (κ2) is 13.6. The molecule has 0 unspecified atom stereocenters. The maximum absolute atomic E-state index is 14.1. The number of urea groups is 1. The Morgan fingerprint density at radius 2 is 1.77 bits per heavy atom. The molecule has 230 valence electrons. The van der Waals surface area contributed by atoms with Gasteiger partial charge in [0.15, 0.2) is 0 Å². The van der Waals surface area contributed by atoms with Gasteiger partial charge >= 0.3 is 6.03 Å². The van der Waals surface area contributed by atoms with Crippen LogP contribution in [0.2, 0.25) is 0 Å². The molecule has 0 spiro atoms. The van der Waals surface area contributed by atoms with Crippen LogP contribution in [-0.4, -0.2) is 79.0 Å². The third kappa shape index (κ3) is 6.86. The number of H-pyrrole nitrogens is 1. The lowest BCUT2D eigenvalue weighted by atomic mass is 9.92. The fourth-order valence-corrected chi connectivity index (χ4v) is 5.65. The normalized spacial score (nSPS) is 14.9. The number of ether oxygens (including phenoxy) is 1. The minimum atomic E-state index is -0.948. The molecule has 0 bridgehead atoms.